The van der Waals surface area contributed by atoms with Gasteiger partial charge >= 0.3 is 0 Å². The molecule has 0 spiro atoms. The van der Waals surface area contributed by atoms with Gasteiger partial charge in [0.25, 0.3) is 5.56 Å². The first-order valence-electron chi connectivity index (χ1n) is 8.92. The molecule has 1 N–H and O–H groups in total. The molecular weight excluding hydrogens is 338 g/mol. The van der Waals surface area contributed by atoms with Gasteiger partial charge in [-0.2, -0.15) is 5.10 Å². The van der Waals surface area contributed by atoms with E-state index in [2.05, 4.69) is 18.1 Å². The van der Waals surface area contributed by atoms with Gasteiger partial charge in [0.05, 0.1) is 18.3 Å². The highest BCUT2D eigenvalue weighted by Crippen LogP contribution is 2.23. The van der Waals surface area contributed by atoms with Crippen molar-refractivity contribution in [2.45, 2.75) is 26.5 Å². The van der Waals surface area contributed by atoms with E-state index in [4.69, 9.17) is 0 Å². The van der Waals surface area contributed by atoms with Crippen LogP contribution in [0.25, 0.3) is 16.8 Å². The molecule has 0 amide bonds. The van der Waals surface area contributed by atoms with Gasteiger partial charge in [-0.1, -0.05) is 54.1 Å². The van der Waals surface area contributed by atoms with Gasteiger partial charge in [0.1, 0.15) is 5.52 Å². The van der Waals surface area contributed by atoms with Crippen molar-refractivity contribution in [1.29, 1.82) is 0 Å². The summed E-state index contributed by atoms with van der Waals surface area (Å²) in [4.78, 5) is 12.9. The van der Waals surface area contributed by atoms with Crippen LogP contribution in [0.4, 0.5) is 0 Å². The third-order valence-electron chi connectivity index (χ3n) is 4.82. The van der Waals surface area contributed by atoms with Crippen LogP contribution in [-0.2, 0) is 6.54 Å². The molecule has 0 bridgehead atoms. The van der Waals surface area contributed by atoms with Gasteiger partial charge in [-0.25, -0.2) is 4.52 Å². The van der Waals surface area contributed by atoms with Crippen molar-refractivity contribution in [3.63, 3.8) is 0 Å². The number of nitrogens with zero attached hydrogens (tertiary/aromatic N) is 3. The quantitative estimate of drug-likeness (QED) is 0.607. The fraction of sp³-hybridized carbons (Fsp3) is 0.182. The summed E-state index contributed by atoms with van der Waals surface area (Å²) < 4.78 is 3.13. The zero-order valence-corrected chi connectivity index (χ0v) is 15.3. The van der Waals surface area contributed by atoms with E-state index in [1.54, 1.807) is 16.9 Å². The zero-order valence-electron chi connectivity index (χ0n) is 15.3. The highest BCUT2D eigenvalue weighted by Gasteiger charge is 2.13. The van der Waals surface area contributed by atoms with E-state index in [9.17, 15) is 9.90 Å². The third-order valence-corrected chi connectivity index (χ3v) is 4.82. The zero-order chi connectivity index (χ0) is 19.0. The molecule has 0 aliphatic rings. The van der Waals surface area contributed by atoms with Gasteiger partial charge in [-0.3, -0.25) is 4.79 Å². The van der Waals surface area contributed by atoms with Gasteiger partial charge < -0.3 is 9.67 Å². The lowest BCUT2D eigenvalue weighted by Gasteiger charge is -2.13. The monoisotopic (exact) mass is 359 g/mol. The Labute approximate surface area is 157 Å². The first-order chi connectivity index (χ1) is 13.0. The topological polar surface area (TPSA) is 59.5 Å². The molecule has 0 saturated heterocycles. The summed E-state index contributed by atoms with van der Waals surface area (Å²) in [5, 5.41) is 15.0. The first kappa shape index (κ1) is 17.2. The van der Waals surface area contributed by atoms with E-state index < -0.39 is 6.10 Å². The van der Waals surface area contributed by atoms with Crippen LogP contribution in [0.5, 0.6) is 0 Å². The fourth-order valence-electron chi connectivity index (χ4n) is 3.37. The molecule has 136 valence electrons. The fourth-order valence-corrected chi connectivity index (χ4v) is 3.37. The van der Waals surface area contributed by atoms with Gasteiger partial charge in [0, 0.05) is 18.0 Å². The lowest BCUT2D eigenvalue weighted by Crippen LogP contribution is -2.24. The predicted octanol–water partition coefficient (Wildman–Crippen LogP) is 3.51. The molecule has 4 aromatic rings. The molecule has 0 fully saturated rings. The second-order valence-corrected chi connectivity index (χ2v) is 6.86. The van der Waals surface area contributed by atoms with E-state index in [1.807, 2.05) is 55.5 Å². The summed E-state index contributed by atoms with van der Waals surface area (Å²) >= 11 is 0. The van der Waals surface area contributed by atoms with Crippen molar-refractivity contribution in [2.75, 3.05) is 0 Å². The number of hydrogen-bond acceptors (Lipinski definition) is 3. The summed E-state index contributed by atoms with van der Waals surface area (Å²) in [5.74, 6) is 0. The Morgan fingerprint density at radius 2 is 1.81 bits per heavy atom. The lowest BCUT2D eigenvalue weighted by atomic mass is 10.0. The Kier molecular flexibility index (Phi) is 4.38. The number of aromatic nitrogens is 3. The van der Waals surface area contributed by atoms with Gasteiger partial charge in [-0.15, -0.1) is 0 Å². The van der Waals surface area contributed by atoms with Crippen LogP contribution in [0, 0.1) is 13.8 Å². The largest absolute Gasteiger partial charge is 0.387 e. The Morgan fingerprint density at radius 1 is 1.04 bits per heavy atom. The number of rotatable bonds is 4. The average Bonchev–Trinajstić information content (AvgIpc) is 3.09. The third kappa shape index (κ3) is 3.29. The molecule has 0 unspecified atom stereocenters. The normalized spacial score (nSPS) is 12.4. The molecule has 2 aromatic carbocycles. The minimum absolute atomic E-state index is 0.170. The molecule has 5 nitrogen and oxygen atoms in total. The number of aliphatic hydroxyl groups excluding tert-OH is 1. The summed E-state index contributed by atoms with van der Waals surface area (Å²) in [6, 6.07) is 17.3. The van der Waals surface area contributed by atoms with Crippen molar-refractivity contribution in [3.8, 4) is 11.3 Å². The van der Waals surface area contributed by atoms with Crippen molar-refractivity contribution in [1.82, 2.24) is 14.2 Å². The smallest absolute Gasteiger partial charge is 0.276 e. The maximum atomic E-state index is 12.9. The van der Waals surface area contributed by atoms with E-state index in [-0.39, 0.29) is 12.1 Å². The van der Waals surface area contributed by atoms with Gasteiger partial charge in [0.2, 0.25) is 0 Å². The molecule has 0 radical (unpaired) electrons. The molecule has 2 heterocycles. The summed E-state index contributed by atoms with van der Waals surface area (Å²) in [5.41, 5.74) is 5.21. The SMILES string of the molecule is Cc1ccc(-c2cc3c(=O)n(C[C@H](O)c4ccccc4)ccn3n2)c(C)c1. The molecule has 0 aliphatic heterocycles. The van der Waals surface area contributed by atoms with Crippen LogP contribution >= 0.6 is 0 Å². The number of fused-ring (bicyclic) bond motifs is 1. The van der Waals surface area contributed by atoms with Crippen molar-refractivity contribution in [3.05, 3.63) is 94.0 Å². The summed E-state index contributed by atoms with van der Waals surface area (Å²) in [6.45, 7) is 4.29. The van der Waals surface area contributed by atoms with Crippen LogP contribution in [0.2, 0.25) is 0 Å². The average molecular weight is 359 g/mol. The molecule has 1 atom stereocenters. The van der Waals surface area contributed by atoms with Crippen LogP contribution in [-0.4, -0.2) is 19.3 Å². The highest BCUT2D eigenvalue weighted by atomic mass is 16.3. The van der Waals surface area contributed by atoms with Crippen molar-refractivity contribution in [2.24, 2.45) is 0 Å². The number of hydrogen-bond donors (Lipinski definition) is 1. The van der Waals surface area contributed by atoms with Crippen LogP contribution in [0.1, 0.15) is 22.8 Å². The minimum Gasteiger partial charge on any atom is -0.387 e. The number of benzene rings is 2. The van der Waals surface area contributed by atoms with E-state index >= 15 is 0 Å². The standard InChI is InChI=1S/C22H21N3O2/c1-15-8-9-18(16(2)12-15)19-13-20-22(27)24(10-11-25(20)23-19)14-21(26)17-6-4-3-5-7-17/h3-13,21,26H,14H2,1-2H3/t21-/m0/s1. The summed E-state index contributed by atoms with van der Waals surface area (Å²) in [6.07, 6.45) is 2.68. The Hall–Kier alpha value is -3.18. The van der Waals surface area contributed by atoms with Gasteiger partial charge in [-0.05, 0) is 31.0 Å². The highest BCUT2D eigenvalue weighted by molar-refractivity contribution is 5.68. The van der Waals surface area contributed by atoms with Crippen molar-refractivity contribution >= 4 is 5.52 Å². The second kappa shape index (κ2) is 6.85. The summed E-state index contributed by atoms with van der Waals surface area (Å²) in [7, 11) is 0. The molecule has 4 rings (SSSR count). The number of aryl methyl sites for hydroxylation is 2. The number of aliphatic hydroxyl groups is 1. The maximum absolute atomic E-state index is 12.9. The maximum Gasteiger partial charge on any atom is 0.276 e. The van der Waals surface area contributed by atoms with E-state index in [0.717, 1.165) is 22.4 Å². The van der Waals surface area contributed by atoms with Gasteiger partial charge in [0.15, 0.2) is 0 Å². The predicted molar refractivity (Wildman–Crippen MR) is 106 cm³/mol. The minimum atomic E-state index is -0.743. The van der Waals surface area contributed by atoms with Crippen molar-refractivity contribution < 1.29 is 5.11 Å². The molecule has 0 saturated carbocycles. The Balaban J connectivity index is 1.71. The molecular formula is C22H21N3O2. The molecule has 0 aliphatic carbocycles. The van der Waals surface area contributed by atoms with Crippen LogP contribution in [0.3, 0.4) is 0 Å². The Morgan fingerprint density at radius 3 is 2.56 bits per heavy atom. The van der Waals surface area contributed by atoms with Crippen LogP contribution < -0.4 is 5.56 Å². The molecule has 5 heteroatoms. The van der Waals surface area contributed by atoms with E-state index in [0.29, 0.717) is 5.52 Å². The second-order valence-electron chi connectivity index (χ2n) is 6.86. The lowest BCUT2D eigenvalue weighted by molar-refractivity contribution is 0.155. The Bertz CT molecular complexity index is 1160. The van der Waals surface area contributed by atoms with E-state index in [1.165, 1.54) is 10.1 Å². The molecule has 2 aromatic heterocycles. The first-order valence-corrected chi connectivity index (χ1v) is 8.92. The van der Waals surface area contributed by atoms with Crippen LogP contribution in [0.15, 0.2) is 71.8 Å². The molecule has 27 heavy (non-hydrogen) atoms.